The van der Waals surface area contributed by atoms with E-state index in [1.165, 1.54) is 48.5 Å². The Morgan fingerprint density at radius 3 is 0.825 bits per heavy atom. The second kappa shape index (κ2) is 37.9. The molecule has 0 saturated carbocycles. The summed E-state index contributed by atoms with van der Waals surface area (Å²) in [5.74, 6) is -16.3. The highest BCUT2D eigenvalue weighted by Crippen LogP contribution is 2.48. The van der Waals surface area contributed by atoms with Crippen LogP contribution in [0.15, 0.2) is 116 Å². The Kier molecular flexibility index (Phi) is 27.1. The molecule has 46 nitrogen and oxygen atoms in total. The SMILES string of the molecule is Nc1nc2c(c(=O)[nH]1)[C@@](CCc1ccc(C(=O)N[C@@H](CCC(=O)O)C(=O)O)cc1)(c1[nH]c3nc(N)[nH]c(=O)c3c1CCc1ccc(C(=O)N[C@@H](CCC(=O)O)C(=O)O)cc1)C(=O)N2.Nc1nc2c(c(=O)[nH]1)[C@](CCc1ccc(C(=O)N[C@@H](CCC(=O)O)C(=O)O)cc1)(c1[nH]c3nc(N)[nH]c(=O)c3c1CCc1ccc(C(=O)N[C@@H](CCC(=O)O)C(=O)O)cc1)C(=O)N2. The van der Waals surface area contributed by atoms with Crippen molar-refractivity contribution in [2.24, 2.45) is 0 Å². The van der Waals surface area contributed by atoms with E-state index in [-0.39, 0.29) is 190 Å². The van der Waals surface area contributed by atoms with Crippen molar-refractivity contribution < 1.29 is 108 Å². The Morgan fingerprint density at radius 2 is 0.571 bits per heavy atom. The third-order valence-corrected chi connectivity index (χ3v) is 21.2. The minimum Gasteiger partial charge on any atom is -0.481 e. The number of carbonyl (C=O) groups is 14. The average Bonchev–Trinajstić information content (AvgIpc) is 1.55. The number of aliphatic carboxylic acids is 8. The van der Waals surface area contributed by atoms with Gasteiger partial charge in [-0.05, 0) is 159 Å². The van der Waals surface area contributed by atoms with E-state index in [1.807, 2.05) is 0 Å². The summed E-state index contributed by atoms with van der Waals surface area (Å²) in [6.07, 6.45) is -2.95. The normalized spacial score (nSPS) is 15.2. The molecule has 0 fully saturated rings. The van der Waals surface area contributed by atoms with E-state index in [9.17, 15) is 107 Å². The number of aromatic amines is 6. The number of H-pyrrole nitrogens is 6. The number of benzene rings is 4. The van der Waals surface area contributed by atoms with Crippen LogP contribution in [0.3, 0.4) is 0 Å². The quantitative estimate of drug-likeness (QED) is 0.0250. The van der Waals surface area contributed by atoms with Gasteiger partial charge in [0, 0.05) is 59.3 Å². The second-order valence-electron chi connectivity index (χ2n) is 29.3. The van der Waals surface area contributed by atoms with Crippen LogP contribution in [-0.2, 0) is 97.3 Å². The van der Waals surface area contributed by atoms with E-state index in [1.54, 1.807) is 48.5 Å². The number of hydrogen-bond donors (Lipinski definition) is 24. The molecule has 6 aromatic heterocycles. The zero-order valence-corrected chi connectivity index (χ0v) is 65.9. The standard InChI is InChI=1S/2C40H40N10O13/c2*41-38-47-29-26(33(57)49-38)21(10-5-17-1-6-19(7-2-17)31(55)43-22(35(59)60)11-13-24(51)52)28(45-29)40(27-30(46-37(40)63)48-39(42)50-34(27)58)16-15-18-3-8-20(9-4-18)32(56)44-23(36(61)62)12-14-25(53)54/h2*1-4,6-9,22-23H,5,10-16H2,(H,43,55)(H,44,56)(H,51,52)(H,53,54)(H,59,60)(H,61,62)(H4,41,45,47,49,57)(H4,42,46,48,50,58,63)/t22-,23-,40+;22-,23-,40-/m00/s1. The van der Waals surface area contributed by atoms with Crippen LogP contribution < -0.4 is 77.1 Å². The molecule has 0 saturated heterocycles. The molecule has 2 aliphatic heterocycles. The number of nitrogens with zero attached hydrogens (tertiary/aromatic N) is 4. The number of rotatable bonds is 38. The maximum absolute atomic E-state index is 14.4. The van der Waals surface area contributed by atoms with Crippen molar-refractivity contribution in [2.45, 2.75) is 138 Å². The van der Waals surface area contributed by atoms with Gasteiger partial charge in [-0.2, -0.15) is 19.9 Å². The van der Waals surface area contributed by atoms with Crippen LogP contribution in [0.25, 0.3) is 22.1 Å². The number of hydrogen-bond acceptors (Lipinski definition) is 26. The molecular formula is C80H80N20O26. The van der Waals surface area contributed by atoms with Gasteiger partial charge in [0.2, 0.25) is 35.6 Å². The van der Waals surface area contributed by atoms with Crippen LogP contribution in [-0.4, -0.2) is 198 Å². The number of fused-ring (bicyclic) bond motifs is 4. The van der Waals surface area contributed by atoms with Crippen molar-refractivity contribution in [2.75, 3.05) is 33.6 Å². The van der Waals surface area contributed by atoms with Crippen molar-refractivity contribution in [3.63, 3.8) is 0 Å². The third-order valence-electron chi connectivity index (χ3n) is 21.2. The van der Waals surface area contributed by atoms with Crippen molar-refractivity contribution in [3.05, 3.63) is 217 Å². The van der Waals surface area contributed by atoms with Gasteiger partial charge in [-0.25, -0.2) is 19.2 Å². The van der Waals surface area contributed by atoms with E-state index in [2.05, 4.69) is 81.7 Å². The molecule has 656 valence electrons. The van der Waals surface area contributed by atoms with Crippen LogP contribution in [0.4, 0.5) is 35.4 Å². The predicted molar refractivity (Wildman–Crippen MR) is 440 cm³/mol. The molecule has 2 aliphatic rings. The number of nitrogens with one attached hydrogen (secondary N) is 12. The first kappa shape index (κ1) is 90.0. The van der Waals surface area contributed by atoms with Gasteiger partial charge in [0.15, 0.2) is 0 Å². The number of anilines is 6. The molecule has 46 heteroatoms. The Bertz CT molecular complexity index is 5940. The van der Waals surface area contributed by atoms with Crippen LogP contribution in [0.2, 0.25) is 0 Å². The lowest BCUT2D eigenvalue weighted by Crippen LogP contribution is -2.41. The minimum absolute atomic E-state index is 0.00277. The predicted octanol–water partition coefficient (Wildman–Crippen LogP) is 0.501. The van der Waals surface area contributed by atoms with Crippen molar-refractivity contribution in [1.29, 1.82) is 0 Å². The summed E-state index contributed by atoms with van der Waals surface area (Å²) in [6.45, 7) is 0. The van der Waals surface area contributed by atoms with Gasteiger partial charge in [-0.15, -0.1) is 0 Å². The van der Waals surface area contributed by atoms with Gasteiger partial charge >= 0.3 is 47.8 Å². The van der Waals surface area contributed by atoms with E-state index < -0.39 is 166 Å². The monoisotopic (exact) mass is 1740 g/mol. The summed E-state index contributed by atoms with van der Waals surface area (Å²) in [6, 6.07) is 18.1. The van der Waals surface area contributed by atoms with Gasteiger partial charge in [0.1, 0.15) is 57.9 Å². The number of aryl methyl sites for hydroxylation is 6. The van der Waals surface area contributed by atoms with E-state index in [0.29, 0.717) is 22.3 Å². The molecule has 6 atom stereocenters. The van der Waals surface area contributed by atoms with Gasteiger partial charge < -0.3 is 106 Å². The summed E-state index contributed by atoms with van der Waals surface area (Å²) in [5, 5.41) is 88.3. The Hall–Kier alpha value is -16.7. The van der Waals surface area contributed by atoms with Crippen molar-refractivity contribution in [1.82, 2.24) is 71.1 Å². The fourth-order valence-corrected chi connectivity index (χ4v) is 15.0. The third kappa shape index (κ3) is 20.1. The van der Waals surface area contributed by atoms with Gasteiger partial charge in [-0.1, -0.05) is 48.5 Å². The van der Waals surface area contributed by atoms with E-state index in [4.69, 9.17) is 43.4 Å². The number of carbonyl (C=O) groups excluding carboxylic acids is 6. The lowest BCUT2D eigenvalue weighted by atomic mass is 9.73. The fraction of sp³-hybridized carbons (Fsp3) is 0.275. The molecule has 0 aliphatic carbocycles. The highest BCUT2D eigenvalue weighted by molar-refractivity contribution is 6.10. The molecule has 6 amide bonds. The van der Waals surface area contributed by atoms with Crippen molar-refractivity contribution in [3.8, 4) is 0 Å². The number of amides is 6. The van der Waals surface area contributed by atoms with Gasteiger partial charge in [-0.3, -0.25) is 87.1 Å². The van der Waals surface area contributed by atoms with Crippen LogP contribution in [0.1, 0.15) is 162 Å². The minimum atomic E-state index is -1.88. The molecule has 0 unspecified atom stereocenters. The molecule has 4 aromatic carbocycles. The number of nitrogens with two attached hydrogens (primary N) is 4. The average molecular weight is 1740 g/mol. The van der Waals surface area contributed by atoms with Gasteiger partial charge in [0.25, 0.3) is 45.9 Å². The van der Waals surface area contributed by atoms with Crippen molar-refractivity contribution >= 4 is 141 Å². The maximum atomic E-state index is 14.4. The largest absolute Gasteiger partial charge is 0.481 e. The number of carboxylic acids is 8. The number of nitrogen functional groups attached to an aromatic ring is 4. The summed E-state index contributed by atoms with van der Waals surface area (Å²) in [7, 11) is 0. The summed E-state index contributed by atoms with van der Waals surface area (Å²) >= 11 is 0. The van der Waals surface area contributed by atoms with Crippen LogP contribution in [0, 0.1) is 0 Å². The zero-order valence-electron chi connectivity index (χ0n) is 65.9. The second-order valence-corrected chi connectivity index (χ2v) is 29.3. The van der Waals surface area contributed by atoms with E-state index >= 15 is 0 Å². The number of carboxylic acid groups (broad SMARTS) is 8. The summed E-state index contributed by atoms with van der Waals surface area (Å²) < 4.78 is 0. The topological polar surface area (TPSA) is 792 Å². The first-order chi connectivity index (χ1) is 59.7. The zero-order chi connectivity index (χ0) is 91.5. The lowest BCUT2D eigenvalue weighted by molar-refractivity contribution is -0.142. The van der Waals surface area contributed by atoms with Gasteiger partial charge in [0.05, 0.1) is 21.9 Å². The molecule has 28 N–H and O–H groups in total. The smallest absolute Gasteiger partial charge is 0.326 e. The molecule has 0 radical (unpaired) electrons. The molecule has 0 bridgehead atoms. The summed E-state index contributed by atoms with van der Waals surface area (Å²) in [4.78, 5) is 258. The summed E-state index contributed by atoms with van der Waals surface area (Å²) in [5.41, 5.74) is 20.2. The molecule has 126 heavy (non-hydrogen) atoms. The number of aromatic nitrogens is 10. The van der Waals surface area contributed by atoms with Crippen LogP contribution in [0.5, 0.6) is 0 Å². The maximum Gasteiger partial charge on any atom is 0.326 e. The molecule has 8 heterocycles. The Balaban J connectivity index is 0.000000245. The first-order valence-corrected chi connectivity index (χ1v) is 38.4. The molecular weight excluding hydrogens is 1660 g/mol. The molecule has 0 spiro atoms. The molecule has 10 aromatic rings. The highest BCUT2D eigenvalue weighted by Gasteiger charge is 2.55. The Labute approximate surface area is 704 Å². The highest BCUT2D eigenvalue weighted by atomic mass is 16.4. The van der Waals surface area contributed by atoms with E-state index in [0.717, 1.165) is 0 Å². The van der Waals surface area contributed by atoms with Crippen LogP contribution >= 0.6 is 0 Å². The molecule has 12 rings (SSSR count). The first-order valence-electron chi connectivity index (χ1n) is 38.4. The fourth-order valence-electron chi connectivity index (χ4n) is 15.0. The lowest BCUT2D eigenvalue weighted by Gasteiger charge is -2.27. The Morgan fingerprint density at radius 1 is 0.325 bits per heavy atom.